The number of aromatic nitrogens is 2. The Labute approximate surface area is 131 Å². The third-order valence-corrected chi connectivity index (χ3v) is 4.29. The number of benzene rings is 1. The van der Waals surface area contributed by atoms with E-state index < -0.39 is 0 Å². The molecule has 0 fully saturated rings. The van der Waals surface area contributed by atoms with Crippen LogP contribution in [0.15, 0.2) is 24.3 Å². The van der Waals surface area contributed by atoms with Crippen LogP contribution in [0.5, 0.6) is 0 Å². The Morgan fingerprint density at radius 1 is 0.952 bits per heavy atom. The van der Waals surface area contributed by atoms with Crippen LogP contribution in [-0.2, 0) is 19.3 Å². The number of aryl methyl sites for hydroxylation is 3. The molecule has 114 valence electrons. The van der Waals surface area contributed by atoms with Crippen LogP contribution >= 0.6 is 11.3 Å². The highest BCUT2D eigenvalue weighted by molar-refractivity contribution is 7.11. The summed E-state index contributed by atoms with van der Waals surface area (Å²) in [5, 5.41) is 14.3. The maximum Gasteiger partial charge on any atom is 0.118 e. The molecule has 2 aromatic rings. The molecule has 0 aliphatic heterocycles. The standard InChI is InChI=1S/C17H25N3S/c1-13-5-7-14(8-6-13)9-10-15-19-20-16(21-15)11-12-18-17(2,3)4/h5-8,18H,9-12H2,1-4H3. The average molecular weight is 303 g/mol. The van der Waals surface area contributed by atoms with Gasteiger partial charge in [-0.05, 0) is 39.7 Å². The molecule has 1 heterocycles. The Hall–Kier alpha value is -1.26. The van der Waals surface area contributed by atoms with Crippen molar-refractivity contribution >= 4 is 11.3 Å². The quantitative estimate of drug-likeness (QED) is 0.886. The summed E-state index contributed by atoms with van der Waals surface area (Å²) in [5.41, 5.74) is 2.84. The van der Waals surface area contributed by atoms with Crippen LogP contribution in [0.2, 0.25) is 0 Å². The van der Waals surface area contributed by atoms with E-state index in [1.807, 2.05) is 0 Å². The summed E-state index contributed by atoms with van der Waals surface area (Å²) in [7, 11) is 0. The maximum atomic E-state index is 4.30. The summed E-state index contributed by atoms with van der Waals surface area (Å²) in [4.78, 5) is 0. The number of nitrogens with zero attached hydrogens (tertiary/aromatic N) is 2. The molecule has 1 aromatic heterocycles. The van der Waals surface area contributed by atoms with Gasteiger partial charge in [0.15, 0.2) is 0 Å². The third-order valence-electron chi connectivity index (χ3n) is 3.25. The van der Waals surface area contributed by atoms with E-state index in [9.17, 15) is 0 Å². The van der Waals surface area contributed by atoms with Crippen LogP contribution < -0.4 is 5.32 Å². The Balaban J connectivity index is 1.79. The smallest absolute Gasteiger partial charge is 0.118 e. The van der Waals surface area contributed by atoms with Crippen molar-refractivity contribution in [1.82, 2.24) is 15.5 Å². The van der Waals surface area contributed by atoms with Gasteiger partial charge in [-0.25, -0.2) is 0 Å². The second kappa shape index (κ2) is 7.14. The lowest BCUT2D eigenvalue weighted by molar-refractivity contribution is 0.429. The average Bonchev–Trinajstić information content (AvgIpc) is 2.85. The Morgan fingerprint density at radius 2 is 1.57 bits per heavy atom. The first-order valence-electron chi connectivity index (χ1n) is 7.54. The molecule has 1 aromatic carbocycles. The molecule has 0 aliphatic rings. The predicted molar refractivity (Wildman–Crippen MR) is 90.0 cm³/mol. The Bertz CT molecular complexity index is 552. The fourth-order valence-electron chi connectivity index (χ4n) is 2.04. The minimum Gasteiger partial charge on any atom is -0.312 e. The lowest BCUT2D eigenvalue weighted by atomic mass is 10.1. The van der Waals surface area contributed by atoms with Gasteiger partial charge in [0.25, 0.3) is 0 Å². The summed E-state index contributed by atoms with van der Waals surface area (Å²) in [6, 6.07) is 8.73. The fourth-order valence-corrected chi connectivity index (χ4v) is 2.88. The van der Waals surface area contributed by atoms with Crippen molar-refractivity contribution < 1.29 is 0 Å². The molecule has 0 bridgehead atoms. The van der Waals surface area contributed by atoms with Crippen LogP contribution in [0, 0.1) is 6.92 Å². The second-order valence-corrected chi connectivity index (χ2v) is 7.65. The SMILES string of the molecule is Cc1ccc(CCc2nnc(CCNC(C)(C)C)s2)cc1. The van der Waals surface area contributed by atoms with E-state index in [1.165, 1.54) is 11.1 Å². The monoisotopic (exact) mass is 303 g/mol. The van der Waals surface area contributed by atoms with Gasteiger partial charge in [0.1, 0.15) is 10.0 Å². The third kappa shape index (κ3) is 5.94. The van der Waals surface area contributed by atoms with Crippen LogP contribution in [-0.4, -0.2) is 22.3 Å². The first-order chi connectivity index (χ1) is 9.92. The molecule has 21 heavy (non-hydrogen) atoms. The highest BCUT2D eigenvalue weighted by atomic mass is 32.1. The molecule has 1 N–H and O–H groups in total. The molecule has 0 unspecified atom stereocenters. The molecule has 0 saturated heterocycles. The fraction of sp³-hybridized carbons (Fsp3) is 0.529. The normalized spacial score (nSPS) is 11.8. The first-order valence-corrected chi connectivity index (χ1v) is 8.36. The van der Waals surface area contributed by atoms with Crippen LogP contribution in [0.1, 0.15) is 41.9 Å². The molecule has 0 radical (unpaired) electrons. The van der Waals surface area contributed by atoms with Crippen LogP contribution in [0.3, 0.4) is 0 Å². The van der Waals surface area contributed by atoms with E-state index in [4.69, 9.17) is 0 Å². The highest BCUT2D eigenvalue weighted by Crippen LogP contribution is 2.14. The van der Waals surface area contributed by atoms with E-state index in [1.54, 1.807) is 11.3 Å². The van der Waals surface area contributed by atoms with Crippen molar-refractivity contribution in [2.24, 2.45) is 0 Å². The van der Waals surface area contributed by atoms with Gasteiger partial charge in [0, 0.05) is 24.9 Å². The number of rotatable bonds is 6. The largest absolute Gasteiger partial charge is 0.312 e. The molecule has 4 heteroatoms. The molecular weight excluding hydrogens is 278 g/mol. The topological polar surface area (TPSA) is 37.8 Å². The van der Waals surface area contributed by atoms with Crippen LogP contribution in [0.25, 0.3) is 0 Å². The summed E-state index contributed by atoms with van der Waals surface area (Å²) < 4.78 is 0. The van der Waals surface area contributed by atoms with Crippen molar-refractivity contribution in [2.45, 2.75) is 52.5 Å². The van der Waals surface area contributed by atoms with Gasteiger partial charge in [-0.1, -0.05) is 29.8 Å². The van der Waals surface area contributed by atoms with E-state index >= 15 is 0 Å². The molecular formula is C17H25N3S. The van der Waals surface area contributed by atoms with Crippen molar-refractivity contribution in [3.63, 3.8) is 0 Å². The minimum atomic E-state index is 0.166. The molecule has 0 aliphatic carbocycles. The van der Waals surface area contributed by atoms with E-state index in [0.29, 0.717) is 0 Å². The van der Waals surface area contributed by atoms with Crippen molar-refractivity contribution in [3.05, 3.63) is 45.4 Å². The molecule has 0 spiro atoms. The first kappa shape index (κ1) is 16.1. The van der Waals surface area contributed by atoms with E-state index in [-0.39, 0.29) is 5.54 Å². The zero-order chi connectivity index (χ0) is 15.3. The predicted octanol–water partition coefficient (Wildman–Crippen LogP) is 3.56. The van der Waals surface area contributed by atoms with Crippen molar-refractivity contribution in [1.29, 1.82) is 0 Å². The zero-order valence-electron chi connectivity index (χ0n) is 13.4. The van der Waals surface area contributed by atoms with Gasteiger partial charge in [-0.15, -0.1) is 21.5 Å². The van der Waals surface area contributed by atoms with Gasteiger partial charge < -0.3 is 5.32 Å². The zero-order valence-corrected chi connectivity index (χ0v) is 14.3. The van der Waals surface area contributed by atoms with Gasteiger partial charge in [0.2, 0.25) is 0 Å². The molecule has 0 atom stereocenters. The number of hydrogen-bond acceptors (Lipinski definition) is 4. The van der Waals surface area contributed by atoms with Gasteiger partial charge in [-0.2, -0.15) is 0 Å². The summed E-state index contributed by atoms with van der Waals surface area (Å²) in [5.74, 6) is 0. The molecule has 2 rings (SSSR count). The summed E-state index contributed by atoms with van der Waals surface area (Å²) in [6.07, 6.45) is 2.97. The van der Waals surface area contributed by atoms with Gasteiger partial charge in [0.05, 0.1) is 0 Å². The maximum absolute atomic E-state index is 4.30. The molecule has 0 saturated carbocycles. The summed E-state index contributed by atoms with van der Waals surface area (Å²) in [6.45, 7) is 9.61. The Kier molecular flexibility index (Phi) is 5.48. The second-order valence-electron chi connectivity index (χ2n) is 6.50. The van der Waals surface area contributed by atoms with E-state index in [0.717, 1.165) is 35.8 Å². The lowest BCUT2D eigenvalue weighted by Gasteiger charge is -2.19. The lowest BCUT2D eigenvalue weighted by Crippen LogP contribution is -2.37. The number of nitrogens with one attached hydrogen (secondary N) is 1. The van der Waals surface area contributed by atoms with Crippen molar-refractivity contribution in [2.75, 3.05) is 6.54 Å². The number of hydrogen-bond donors (Lipinski definition) is 1. The minimum absolute atomic E-state index is 0.166. The van der Waals surface area contributed by atoms with Gasteiger partial charge >= 0.3 is 0 Å². The highest BCUT2D eigenvalue weighted by Gasteiger charge is 2.09. The molecule has 3 nitrogen and oxygen atoms in total. The summed E-state index contributed by atoms with van der Waals surface area (Å²) >= 11 is 1.74. The Morgan fingerprint density at radius 3 is 2.19 bits per heavy atom. The van der Waals surface area contributed by atoms with Gasteiger partial charge in [-0.3, -0.25) is 0 Å². The van der Waals surface area contributed by atoms with E-state index in [2.05, 4.69) is 67.5 Å². The van der Waals surface area contributed by atoms with Crippen molar-refractivity contribution in [3.8, 4) is 0 Å². The molecule has 0 amide bonds. The van der Waals surface area contributed by atoms with Crippen LogP contribution in [0.4, 0.5) is 0 Å².